The lowest BCUT2D eigenvalue weighted by Gasteiger charge is -2.09. The van der Waals surface area contributed by atoms with Crippen LogP contribution >= 0.6 is 11.3 Å². The van der Waals surface area contributed by atoms with Crippen LogP contribution in [0.5, 0.6) is 0 Å². The lowest BCUT2D eigenvalue weighted by Crippen LogP contribution is -2.13. The van der Waals surface area contributed by atoms with Crippen molar-refractivity contribution in [3.05, 3.63) is 47.2 Å². The SMILES string of the molecule is Cc1nc(C)c(-c2ccnc(Nc3cccc(NC(=O)CCCN)c3)n2)s1. The number of nitrogens with zero attached hydrogens (tertiary/aromatic N) is 3. The second-order valence-electron chi connectivity index (χ2n) is 6.06. The van der Waals surface area contributed by atoms with Gasteiger partial charge in [-0.3, -0.25) is 4.79 Å². The molecule has 0 atom stereocenters. The van der Waals surface area contributed by atoms with E-state index in [0.29, 0.717) is 31.0 Å². The molecule has 8 heteroatoms. The molecule has 0 aliphatic rings. The van der Waals surface area contributed by atoms with E-state index in [2.05, 4.69) is 25.6 Å². The first-order chi connectivity index (χ1) is 13.0. The number of benzene rings is 1. The smallest absolute Gasteiger partial charge is 0.227 e. The van der Waals surface area contributed by atoms with Crippen LogP contribution in [0.4, 0.5) is 17.3 Å². The van der Waals surface area contributed by atoms with Gasteiger partial charge in [-0.2, -0.15) is 0 Å². The van der Waals surface area contributed by atoms with Crippen LogP contribution in [0.1, 0.15) is 23.5 Å². The minimum atomic E-state index is -0.0492. The van der Waals surface area contributed by atoms with Crippen molar-refractivity contribution in [2.75, 3.05) is 17.2 Å². The maximum absolute atomic E-state index is 11.9. The second kappa shape index (κ2) is 8.70. The molecule has 4 N–H and O–H groups in total. The third-order valence-electron chi connectivity index (χ3n) is 3.80. The minimum absolute atomic E-state index is 0.0492. The van der Waals surface area contributed by atoms with E-state index in [-0.39, 0.29) is 5.91 Å². The predicted molar refractivity (Wildman–Crippen MR) is 109 cm³/mol. The highest BCUT2D eigenvalue weighted by Gasteiger charge is 2.10. The van der Waals surface area contributed by atoms with Crippen molar-refractivity contribution < 1.29 is 4.79 Å². The summed E-state index contributed by atoms with van der Waals surface area (Å²) in [5.41, 5.74) is 8.74. The summed E-state index contributed by atoms with van der Waals surface area (Å²) in [7, 11) is 0. The molecule has 3 aromatic rings. The average molecular weight is 382 g/mol. The Morgan fingerprint density at radius 3 is 2.74 bits per heavy atom. The third kappa shape index (κ3) is 5.08. The number of aromatic nitrogens is 3. The van der Waals surface area contributed by atoms with Crippen molar-refractivity contribution in [2.24, 2.45) is 5.73 Å². The summed E-state index contributed by atoms with van der Waals surface area (Å²) in [4.78, 5) is 26.2. The summed E-state index contributed by atoms with van der Waals surface area (Å²) in [6.45, 7) is 4.46. The lowest BCUT2D eigenvalue weighted by atomic mass is 10.2. The molecule has 0 saturated heterocycles. The first kappa shape index (κ1) is 18.9. The molecule has 0 bridgehead atoms. The van der Waals surface area contributed by atoms with Crippen molar-refractivity contribution >= 4 is 34.6 Å². The number of aryl methyl sites for hydroxylation is 2. The first-order valence-corrected chi connectivity index (χ1v) is 9.51. The molecule has 0 aliphatic carbocycles. The molecule has 0 unspecified atom stereocenters. The van der Waals surface area contributed by atoms with E-state index in [0.717, 1.165) is 27.0 Å². The van der Waals surface area contributed by atoms with Crippen LogP contribution in [0.2, 0.25) is 0 Å². The van der Waals surface area contributed by atoms with Gasteiger partial charge in [0.25, 0.3) is 0 Å². The Morgan fingerprint density at radius 2 is 2.00 bits per heavy atom. The number of thiazole rings is 1. The van der Waals surface area contributed by atoms with E-state index in [1.54, 1.807) is 17.5 Å². The summed E-state index contributed by atoms with van der Waals surface area (Å²) in [5.74, 6) is 0.441. The molecule has 0 fully saturated rings. The number of nitrogens with two attached hydrogens (primary N) is 1. The number of carbonyl (C=O) groups excluding carboxylic acids is 1. The van der Waals surface area contributed by atoms with Crippen molar-refractivity contribution in [2.45, 2.75) is 26.7 Å². The van der Waals surface area contributed by atoms with Gasteiger partial charge in [0.05, 0.1) is 21.3 Å². The highest BCUT2D eigenvalue weighted by atomic mass is 32.1. The minimum Gasteiger partial charge on any atom is -0.330 e. The van der Waals surface area contributed by atoms with Crippen LogP contribution < -0.4 is 16.4 Å². The Morgan fingerprint density at radius 1 is 1.19 bits per heavy atom. The van der Waals surface area contributed by atoms with E-state index < -0.39 is 0 Å². The maximum atomic E-state index is 11.9. The number of hydrogen-bond acceptors (Lipinski definition) is 7. The number of anilines is 3. The quantitative estimate of drug-likeness (QED) is 0.576. The van der Waals surface area contributed by atoms with Crippen molar-refractivity contribution in [3.8, 4) is 10.6 Å². The van der Waals surface area contributed by atoms with E-state index >= 15 is 0 Å². The van der Waals surface area contributed by atoms with Crippen LogP contribution in [-0.2, 0) is 4.79 Å². The van der Waals surface area contributed by atoms with E-state index in [9.17, 15) is 4.79 Å². The van der Waals surface area contributed by atoms with Gasteiger partial charge in [0.15, 0.2) is 0 Å². The topological polar surface area (TPSA) is 106 Å². The fourth-order valence-corrected chi connectivity index (χ4v) is 3.49. The highest BCUT2D eigenvalue weighted by Crippen LogP contribution is 2.29. The summed E-state index contributed by atoms with van der Waals surface area (Å²) in [6, 6.07) is 9.32. The normalized spacial score (nSPS) is 10.6. The van der Waals surface area contributed by atoms with Gasteiger partial charge in [-0.05, 0) is 51.1 Å². The summed E-state index contributed by atoms with van der Waals surface area (Å²) in [5, 5.41) is 7.06. The number of carbonyl (C=O) groups is 1. The Labute approximate surface area is 162 Å². The largest absolute Gasteiger partial charge is 0.330 e. The number of nitrogens with one attached hydrogen (secondary N) is 2. The second-order valence-corrected chi connectivity index (χ2v) is 7.26. The van der Waals surface area contributed by atoms with Gasteiger partial charge < -0.3 is 16.4 Å². The van der Waals surface area contributed by atoms with Gasteiger partial charge in [-0.1, -0.05) is 6.07 Å². The standard InChI is InChI=1S/C19H22N6OS/c1-12-18(27-13(2)22-12)16-8-10-21-19(25-16)24-15-6-3-5-14(11-15)23-17(26)7-4-9-20/h3,5-6,8,10-11H,4,7,9,20H2,1-2H3,(H,23,26)(H,21,24,25). The van der Waals surface area contributed by atoms with Crippen LogP contribution in [0.15, 0.2) is 36.5 Å². The molecule has 1 aromatic carbocycles. The van der Waals surface area contributed by atoms with Crippen LogP contribution in [-0.4, -0.2) is 27.4 Å². The van der Waals surface area contributed by atoms with Crippen LogP contribution in [0.3, 0.4) is 0 Å². The Hall–Kier alpha value is -2.84. The third-order valence-corrected chi connectivity index (χ3v) is 4.90. The van der Waals surface area contributed by atoms with Crippen molar-refractivity contribution in [1.82, 2.24) is 15.0 Å². The molecule has 2 heterocycles. The molecule has 0 spiro atoms. The Kier molecular flexibility index (Phi) is 6.10. The van der Waals surface area contributed by atoms with Gasteiger partial charge >= 0.3 is 0 Å². The number of hydrogen-bond donors (Lipinski definition) is 3. The van der Waals surface area contributed by atoms with Gasteiger partial charge in [-0.15, -0.1) is 11.3 Å². The maximum Gasteiger partial charge on any atom is 0.227 e. The zero-order valence-corrected chi connectivity index (χ0v) is 16.1. The van der Waals surface area contributed by atoms with Crippen LogP contribution in [0.25, 0.3) is 10.6 Å². The number of amides is 1. The van der Waals surface area contributed by atoms with E-state index in [1.807, 2.05) is 44.2 Å². The molecule has 3 rings (SSSR count). The molecule has 1 amide bonds. The fourth-order valence-electron chi connectivity index (χ4n) is 2.60. The first-order valence-electron chi connectivity index (χ1n) is 8.69. The lowest BCUT2D eigenvalue weighted by molar-refractivity contribution is -0.116. The molecule has 2 aromatic heterocycles. The van der Waals surface area contributed by atoms with E-state index in [1.165, 1.54) is 0 Å². The molecular formula is C19H22N6OS. The fraction of sp³-hybridized carbons (Fsp3) is 0.263. The Bertz CT molecular complexity index is 939. The Balaban J connectivity index is 1.74. The molecule has 7 nitrogen and oxygen atoms in total. The van der Waals surface area contributed by atoms with Crippen LogP contribution in [0, 0.1) is 13.8 Å². The molecule has 0 aliphatic heterocycles. The molecule has 140 valence electrons. The zero-order chi connectivity index (χ0) is 19.2. The summed E-state index contributed by atoms with van der Waals surface area (Å²) >= 11 is 1.61. The van der Waals surface area contributed by atoms with Gasteiger partial charge in [0.1, 0.15) is 0 Å². The number of rotatable bonds is 7. The van der Waals surface area contributed by atoms with Gasteiger partial charge in [0.2, 0.25) is 11.9 Å². The molecule has 27 heavy (non-hydrogen) atoms. The van der Waals surface area contributed by atoms with E-state index in [4.69, 9.17) is 5.73 Å². The highest BCUT2D eigenvalue weighted by molar-refractivity contribution is 7.15. The van der Waals surface area contributed by atoms with Gasteiger partial charge in [-0.25, -0.2) is 15.0 Å². The van der Waals surface area contributed by atoms with Crippen molar-refractivity contribution in [1.29, 1.82) is 0 Å². The van der Waals surface area contributed by atoms with Crippen molar-refractivity contribution in [3.63, 3.8) is 0 Å². The zero-order valence-electron chi connectivity index (χ0n) is 15.3. The summed E-state index contributed by atoms with van der Waals surface area (Å²) < 4.78 is 0. The van der Waals surface area contributed by atoms with Gasteiger partial charge in [0, 0.05) is 24.0 Å². The predicted octanol–water partition coefficient (Wildman–Crippen LogP) is 3.64. The monoisotopic (exact) mass is 382 g/mol. The summed E-state index contributed by atoms with van der Waals surface area (Å²) in [6.07, 6.45) is 2.80. The average Bonchev–Trinajstić information content (AvgIpc) is 2.99. The molecule has 0 saturated carbocycles. The molecule has 0 radical (unpaired) electrons. The molecular weight excluding hydrogens is 360 g/mol.